The van der Waals surface area contributed by atoms with Gasteiger partial charge in [-0.3, -0.25) is 4.90 Å². The normalized spacial score (nSPS) is 17.7. The van der Waals surface area contributed by atoms with E-state index in [9.17, 15) is 0 Å². The molecule has 1 aliphatic heterocycles. The minimum atomic E-state index is 0.0884. The summed E-state index contributed by atoms with van der Waals surface area (Å²) in [7, 11) is 0. The first-order valence-electron chi connectivity index (χ1n) is 6.26. The van der Waals surface area contributed by atoms with Gasteiger partial charge in [-0.25, -0.2) is 4.98 Å². The van der Waals surface area contributed by atoms with Crippen LogP contribution in [0.15, 0.2) is 18.3 Å². The maximum absolute atomic E-state index is 5.81. The molecule has 4 nitrogen and oxygen atoms in total. The summed E-state index contributed by atoms with van der Waals surface area (Å²) in [4.78, 5) is 6.68. The van der Waals surface area contributed by atoms with Gasteiger partial charge in [-0.05, 0) is 26.0 Å². The zero-order chi connectivity index (χ0) is 13.0. The highest BCUT2D eigenvalue weighted by Crippen LogP contribution is 2.17. The number of halogens is 1. The summed E-state index contributed by atoms with van der Waals surface area (Å²) >= 11 is 5.81. The van der Waals surface area contributed by atoms with E-state index in [1.54, 1.807) is 6.20 Å². The Morgan fingerprint density at radius 3 is 2.72 bits per heavy atom. The van der Waals surface area contributed by atoms with Gasteiger partial charge in [0.1, 0.15) is 5.82 Å². The molecule has 5 heteroatoms. The van der Waals surface area contributed by atoms with E-state index in [1.807, 2.05) is 12.1 Å². The Morgan fingerprint density at radius 2 is 2.11 bits per heavy atom. The number of hydrogen-bond donors (Lipinski definition) is 1. The molecule has 0 saturated carbocycles. The standard InChI is InChI=1S/C13H20ClN3O/c1-13(2,17-5-7-18-8-6-17)10-16-12-4-3-11(14)9-15-12/h3-4,9H,5-8,10H2,1-2H3,(H,15,16). The number of pyridine rings is 1. The van der Waals surface area contributed by atoms with E-state index in [4.69, 9.17) is 16.3 Å². The smallest absolute Gasteiger partial charge is 0.126 e. The summed E-state index contributed by atoms with van der Waals surface area (Å²) in [6.45, 7) is 8.95. The van der Waals surface area contributed by atoms with E-state index in [2.05, 4.69) is 29.0 Å². The summed E-state index contributed by atoms with van der Waals surface area (Å²) in [5, 5.41) is 4.02. The average molecular weight is 270 g/mol. The average Bonchev–Trinajstić information content (AvgIpc) is 2.39. The van der Waals surface area contributed by atoms with Gasteiger partial charge in [-0.2, -0.15) is 0 Å². The van der Waals surface area contributed by atoms with Crippen molar-refractivity contribution in [2.75, 3.05) is 38.2 Å². The Morgan fingerprint density at radius 1 is 1.39 bits per heavy atom. The molecule has 100 valence electrons. The van der Waals surface area contributed by atoms with Gasteiger partial charge in [-0.1, -0.05) is 11.6 Å². The first kappa shape index (κ1) is 13.6. The van der Waals surface area contributed by atoms with E-state index in [0.29, 0.717) is 5.02 Å². The van der Waals surface area contributed by atoms with Crippen LogP contribution in [0.25, 0.3) is 0 Å². The second kappa shape index (κ2) is 5.87. The van der Waals surface area contributed by atoms with Crippen molar-refractivity contribution >= 4 is 17.4 Å². The van der Waals surface area contributed by atoms with Crippen LogP contribution in [0.4, 0.5) is 5.82 Å². The summed E-state index contributed by atoms with van der Waals surface area (Å²) in [6, 6.07) is 3.75. The molecule has 1 N–H and O–H groups in total. The zero-order valence-corrected chi connectivity index (χ0v) is 11.7. The predicted octanol–water partition coefficient (Wildman–Crippen LogP) is 2.26. The maximum Gasteiger partial charge on any atom is 0.126 e. The molecule has 2 heterocycles. The van der Waals surface area contributed by atoms with Gasteiger partial charge in [0, 0.05) is 31.4 Å². The first-order chi connectivity index (χ1) is 8.58. The van der Waals surface area contributed by atoms with E-state index < -0.39 is 0 Å². The lowest BCUT2D eigenvalue weighted by molar-refractivity contribution is -0.00570. The number of anilines is 1. The SMILES string of the molecule is CC(C)(CNc1ccc(Cl)cn1)N1CCOCC1. The number of ether oxygens (including phenoxy) is 1. The van der Waals surface area contributed by atoms with Crippen LogP contribution in [0, 0.1) is 0 Å². The van der Waals surface area contributed by atoms with E-state index in [1.165, 1.54) is 0 Å². The first-order valence-corrected chi connectivity index (χ1v) is 6.64. The van der Waals surface area contributed by atoms with Crippen LogP contribution in [0.2, 0.25) is 5.02 Å². The van der Waals surface area contributed by atoms with E-state index in [0.717, 1.165) is 38.7 Å². The Labute approximate surface area is 113 Å². The van der Waals surface area contributed by atoms with Gasteiger partial charge in [-0.15, -0.1) is 0 Å². The van der Waals surface area contributed by atoms with Crippen molar-refractivity contribution in [2.45, 2.75) is 19.4 Å². The van der Waals surface area contributed by atoms with Crippen LogP contribution in [-0.4, -0.2) is 48.3 Å². The van der Waals surface area contributed by atoms with Crippen LogP contribution >= 0.6 is 11.6 Å². The molecule has 1 aromatic rings. The van der Waals surface area contributed by atoms with Gasteiger partial charge in [0.25, 0.3) is 0 Å². The fourth-order valence-electron chi connectivity index (χ4n) is 2.07. The third-order valence-corrected chi connectivity index (χ3v) is 3.52. The molecule has 0 unspecified atom stereocenters. The predicted molar refractivity (Wildman–Crippen MR) is 74.2 cm³/mol. The number of hydrogen-bond acceptors (Lipinski definition) is 4. The summed E-state index contributed by atoms with van der Waals surface area (Å²) < 4.78 is 5.38. The lowest BCUT2D eigenvalue weighted by atomic mass is 10.0. The molecule has 2 rings (SSSR count). The van der Waals surface area contributed by atoms with Crippen molar-refractivity contribution in [2.24, 2.45) is 0 Å². The van der Waals surface area contributed by atoms with Crippen molar-refractivity contribution in [1.82, 2.24) is 9.88 Å². The highest BCUT2D eigenvalue weighted by atomic mass is 35.5. The van der Waals surface area contributed by atoms with Gasteiger partial charge in [0.2, 0.25) is 0 Å². The van der Waals surface area contributed by atoms with E-state index in [-0.39, 0.29) is 5.54 Å². The van der Waals surface area contributed by atoms with Crippen LogP contribution < -0.4 is 5.32 Å². The monoisotopic (exact) mass is 269 g/mol. The quantitative estimate of drug-likeness (QED) is 0.910. The number of nitrogens with one attached hydrogen (secondary N) is 1. The van der Waals surface area contributed by atoms with Crippen LogP contribution in [-0.2, 0) is 4.74 Å². The molecule has 18 heavy (non-hydrogen) atoms. The fourth-order valence-corrected chi connectivity index (χ4v) is 2.18. The molecule has 1 aliphatic rings. The molecule has 0 aromatic carbocycles. The van der Waals surface area contributed by atoms with Crippen molar-refractivity contribution in [3.05, 3.63) is 23.4 Å². The van der Waals surface area contributed by atoms with Crippen LogP contribution in [0.5, 0.6) is 0 Å². The fraction of sp³-hybridized carbons (Fsp3) is 0.615. The van der Waals surface area contributed by atoms with Crippen LogP contribution in [0.1, 0.15) is 13.8 Å². The number of morpholine rings is 1. The topological polar surface area (TPSA) is 37.4 Å². The molecular formula is C13H20ClN3O. The molecule has 0 spiro atoms. The summed E-state index contributed by atoms with van der Waals surface area (Å²) in [6.07, 6.45) is 1.66. The third kappa shape index (κ3) is 3.57. The molecule has 0 aliphatic carbocycles. The Balaban J connectivity index is 1.89. The van der Waals surface area contributed by atoms with E-state index >= 15 is 0 Å². The largest absolute Gasteiger partial charge is 0.379 e. The second-order valence-corrected chi connectivity index (χ2v) is 5.56. The van der Waals surface area contributed by atoms with Gasteiger partial charge >= 0.3 is 0 Å². The summed E-state index contributed by atoms with van der Waals surface area (Å²) in [5.74, 6) is 0.862. The lowest BCUT2D eigenvalue weighted by Gasteiger charge is -2.41. The molecule has 0 amide bonds. The highest BCUT2D eigenvalue weighted by Gasteiger charge is 2.27. The van der Waals surface area contributed by atoms with Crippen molar-refractivity contribution in [1.29, 1.82) is 0 Å². The summed E-state index contributed by atoms with van der Waals surface area (Å²) in [5.41, 5.74) is 0.0884. The number of nitrogens with zero attached hydrogens (tertiary/aromatic N) is 2. The lowest BCUT2D eigenvalue weighted by Crippen LogP contribution is -2.53. The highest BCUT2D eigenvalue weighted by molar-refractivity contribution is 6.30. The minimum absolute atomic E-state index is 0.0884. The van der Waals surface area contributed by atoms with Crippen LogP contribution in [0.3, 0.4) is 0 Å². The van der Waals surface area contributed by atoms with Crippen molar-refractivity contribution in [3.8, 4) is 0 Å². The molecule has 0 atom stereocenters. The molecule has 1 saturated heterocycles. The molecule has 0 radical (unpaired) electrons. The molecule has 1 aromatic heterocycles. The zero-order valence-electron chi connectivity index (χ0n) is 10.9. The Bertz CT molecular complexity index is 374. The Hall–Kier alpha value is -0.840. The Kier molecular flexibility index (Phi) is 4.43. The molecule has 1 fully saturated rings. The van der Waals surface area contributed by atoms with Crippen molar-refractivity contribution < 1.29 is 4.74 Å². The van der Waals surface area contributed by atoms with Gasteiger partial charge in [0.15, 0.2) is 0 Å². The number of rotatable bonds is 4. The molecular weight excluding hydrogens is 250 g/mol. The third-order valence-electron chi connectivity index (χ3n) is 3.30. The number of aromatic nitrogens is 1. The van der Waals surface area contributed by atoms with Gasteiger partial charge < -0.3 is 10.1 Å². The van der Waals surface area contributed by atoms with Crippen molar-refractivity contribution in [3.63, 3.8) is 0 Å². The van der Waals surface area contributed by atoms with Gasteiger partial charge in [0.05, 0.1) is 18.2 Å². The minimum Gasteiger partial charge on any atom is -0.379 e. The molecule has 0 bridgehead atoms. The second-order valence-electron chi connectivity index (χ2n) is 5.13. The maximum atomic E-state index is 5.81.